The lowest BCUT2D eigenvalue weighted by atomic mass is 10.0. The van der Waals surface area contributed by atoms with Crippen LogP contribution in [0.5, 0.6) is 5.75 Å². The molecule has 2 amide bonds. The fourth-order valence-corrected chi connectivity index (χ4v) is 5.49. The molecule has 0 N–H and O–H groups in total. The molecule has 7 nitrogen and oxygen atoms in total. The van der Waals surface area contributed by atoms with Gasteiger partial charge in [0.1, 0.15) is 11.4 Å². The van der Waals surface area contributed by atoms with Gasteiger partial charge in [0.05, 0.1) is 30.5 Å². The second kappa shape index (κ2) is 13.6. The molecule has 0 spiro atoms. The standard InChI is InChI=1S/C33H39F3N4O3/c1-22(2)38-16-7-17-40(30(41)20-25-10-12-27(43-5)13-11-25)31-23(3)8-6-9-26(31)21-39(19-18-38)32(42)28-14-15-29(33(34,35)36)37-24(28)4/h6,8-15,22H,7,16-21H2,1-5H3. The number of pyridine rings is 1. The number of halogens is 3. The van der Waals surface area contributed by atoms with Gasteiger partial charge in [-0.3, -0.25) is 14.5 Å². The smallest absolute Gasteiger partial charge is 0.433 e. The molecule has 4 rings (SSSR count). The van der Waals surface area contributed by atoms with Crippen LogP contribution in [0.4, 0.5) is 18.9 Å². The minimum absolute atomic E-state index is 0.0237. The highest BCUT2D eigenvalue weighted by molar-refractivity contribution is 5.97. The molecule has 0 fully saturated rings. The van der Waals surface area contributed by atoms with Gasteiger partial charge < -0.3 is 14.5 Å². The average Bonchev–Trinajstić information content (AvgIpc) is 2.99. The third-order valence-electron chi connectivity index (χ3n) is 7.88. The molecule has 0 saturated heterocycles. The summed E-state index contributed by atoms with van der Waals surface area (Å²) in [6.45, 7) is 9.90. The van der Waals surface area contributed by atoms with Crippen LogP contribution in [0.3, 0.4) is 0 Å². The normalized spacial score (nSPS) is 15.2. The first kappa shape index (κ1) is 32.0. The molecule has 0 radical (unpaired) electrons. The minimum atomic E-state index is -4.60. The molecule has 2 heterocycles. The van der Waals surface area contributed by atoms with Crippen molar-refractivity contribution in [2.75, 3.05) is 38.2 Å². The number of benzene rings is 2. The summed E-state index contributed by atoms with van der Waals surface area (Å²) in [7, 11) is 1.60. The van der Waals surface area contributed by atoms with Gasteiger partial charge in [-0.1, -0.05) is 30.3 Å². The second-order valence-corrected chi connectivity index (χ2v) is 11.2. The number of ether oxygens (including phenoxy) is 1. The van der Waals surface area contributed by atoms with E-state index in [1.807, 2.05) is 54.3 Å². The van der Waals surface area contributed by atoms with E-state index in [0.29, 0.717) is 31.9 Å². The van der Waals surface area contributed by atoms with E-state index >= 15 is 0 Å². The molecule has 0 unspecified atom stereocenters. The van der Waals surface area contributed by atoms with E-state index in [1.54, 1.807) is 12.0 Å². The first-order chi connectivity index (χ1) is 20.4. The molecule has 1 aliphatic heterocycles. The lowest BCUT2D eigenvalue weighted by molar-refractivity contribution is -0.141. The van der Waals surface area contributed by atoms with Crippen LogP contribution in [-0.2, 0) is 23.9 Å². The highest BCUT2D eigenvalue weighted by Gasteiger charge is 2.34. The maximum atomic E-state index is 13.9. The van der Waals surface area contributed by atoms with Gasteiger partial charge in [0.25, 0.3) is 5.91 Å². The molecule has 3 aromatic rings. The Bertz CT molecular complexity index is 1440. The summed E-state index contributed by atoms with van der Waals surface area (Å²) >= 11 is 0. The van der Waals surface area contributed by atoms with Crippen molar-refractivity contribution >= 4 is 17.5 Å². The molecule has 0 aliphatic carbocycles. The van der Waals surface area contributed by atoms with Gasteiger partial charge in [-0.15, -0.1) is 0 Å². The molecule has 43 heavy (non-hydrogen) atoms. The first-order valence-corrected chi connectivity index (χ1v) is 14.5. The number of hydrogen-bond acceptors (Lipinski definition) is 5. The Labute approximate surface area is 251 Å². The lowest BCUT2D eigenvalue weighted by Gasteiger charge is -2.30. The molecule has 1 aliphatic rings. The first-order valence-electron chi connectivity index (χ1n) is 14.5. The van der Waals surface area contributed by atoms with Crippen LogP contribution < -0.4 is 9.64 Å². The maximum Gasteiger partial charge on any atom is 0.433 e. The molecule has 10 heteroatoms. The quantitative estimate of drug-likeness (QED) is 0.359. The highest BCUT2D eigenvalue weighted by Crippen LogP contribution is 2.31. The second-order valence-electron chi connectivity index (χ2n) is 11.2. The van der Waals surface area contributed by atoms with Gasteiger partial charge >= 0.3 is 6.18 Å². The SMILES string of the molecule is COc1ccc(CC(=O)N2CCCN(C(C)C)CCN(C(=O)c3ccc(C(F)(F)F)nc3C)Cc3cccc(C)c32)cc1. The zero-order chi connectivity index (χ0) is 31.3. The summed E-state index contributed by atoms with van der Waals surface area (Å²) in [5.74, 6) is 0.256. The number of amides is 2. The van der Waals surface area contributed by atoms with Crippen LogP contribution in [0.1, 0.15) is 58.7 Å². The van der Waals surface area contributed by atoms with E-state index in [-0.39, 0.29) is 36.2 Å². The van der Waals surface area contributed by atoms with E-state index in [2.05, 4.69) is 23.7 Å². The number of methoxy groups -OCH3 is 1. The van der Waals surface area contributed by atoms with E-state index in [0.717, 1.165) is 34.9 Å². The number of hydrogen-bond donors (Lipinski definition) is 0. The van der Waals surface area contributed by atoms with Crippen LogP contribution in [0, 0.1) is 13.8 Å². The van der Waals surface area contributed by atoms with Crippen LogP contribution in [0.25, 0.3) is 0 Å². The van der Waals surface area contributed by atoms with Crippen molar-refractivity contribution in [1.29, 1.82) is 0 Å². The van der Waals surface area contributed by atoms with Crippen molar-refractivity contribution in [2.24, 2.45) is 0 Å². The van der Waals surface area contributed by atoms with Crippen LogP contribution in [0.2, 0.25) is 0 Å². The summed E-state index contributed by atoms with van der Waals surface area (Å²) < 4.78 is 45.1. The Kier molecular flexibility index (Phi) is 10.1. The lowest BCUT2D eigenvalue weighted by Crippen LogP contribution is -2.41. The van der Waals surface area contributed by atoms with Crippen molar-refractivity contribution in [3.8, 4) is 5.75 Å². The fraction of sp³-hybridized carbons (Fsp3) is 0.424. The number of aromatic nitrogens is 1. The van der Waals surface area contributed by atoms with Gasteiger partial charge in [0.2, 0.25) is 5.91 Å². The van der Waals surface area contributed by atoms with Gasteiger partial charge in [-0.05, 0) is 75.1 Å². The third-order valence-corrected chi connectivity index (χ3v) is 7.88. The number of para-hydroxylation sites is 1. The van der Waals surface area contributed by atoms with Gasteiger partial charge in [0.15, 0.2) is 0 Å². The molecular weight excluding hydrogens is 557 g/mol. The molecule has 2 aromatic carbocycles. The van der Waals surface area contributed by atoms with Gasteiger partial charge in [-0.25, -0.2) is 4.98 Å². The minimum Gasteiger partial charge on any atom is -0.497 e. The fourth-order valence-electron chi connectivity index (χ4n) is 5.49. The number of alkyl halides is 3. The number of aryl methyl sites for hydroxylation is 2. The largest absolute Gasteiger partial charge is 0.497 e. The predicted molar refractivity (Wildman–Crippen MR) is 160 cm³/mol. The Morgan fingerprint density at radius 3 is 2.30 bits per heavy atom. The number of carbonyl (C=O) groups excluding carboxylic acids is 2. The van der Waals surface area contributed by atoms with Gasteiger partial charge in [0, 0.05) is 38.8 Å². The Morgan fingerprint density at radius 2 is 1.67 bits per heavy atom. The molecule has 0 bridgehead atoms. The third kappa shape index (κ3) is 7.73. The van der Waals surface area contributed by atoms with Gasteiger partial charge in [-0.2, -0.15) is 13.2 Å². The van der Waals surface area contributed by atoms with Crippen molar-refractivity contribution < 1.29 is 27.5 Å². The van der Waals surface area contributed by atoms with Crippen molar-refractivity contribution in [3.63, 3.8) is 0 Å². The molecular formula is C33H39F3N4O3. The van der Waals surface area contributed by atoms with E-state index in [1.165, 1.54) is 13.0 Å². The number of anilines is 1. The summed E-state index contributed by atoms with van der Waals surface area (Å²) in [4.78, 5) is 37.2. The number of nitrogens with zero attached hydrogens (tertiary/aromatic N) is 4. The van der Waals surface area contributed by atoms with Crippen LogP contribution in [-0.4, -0.2) is 65.9 Å². The van der Waals surface area contributed by atoms with Crippen molar-refractivity contribution in [1.82, 2.24) is 14.8 Å². The summed E-state index contributed by atoms with van der Waals surface area (Å²) in [5, 5.41) is 0. The summed E-state index contributed by atoms with van der Waals surface area (Å²) in [6.07, 6.45) is -3.67. The summed E-state index contributed by atoms with van der Waals surface area (Å²) in [5.41, 5.74) is 2.45. The maximum absolute atomic E-state index is 13.9. The van der Waals surface area contributed by atoms with Crippen LogP contribution >= 0.6 is 0 Å². The highest BCUT2D eigenvalue weighted by atomic mass is 19.4. The Morgan fingerprint density at radius 1 is 0.953 bits per heavy atom. The number of carbonyl (C=O) groups is 2. The number of rotatable bonds is 5. The number of fused-ring (bicyclic) bond motifs is 1. The predicted octanol–water partition coefficient (Wildman–Crippen LogP) is 6.06. The van der Waals surface area contributed by atoms with E-state index in [4.69, 9.17) is 4.74 Å². The molecule has 0 atom stereocenters. The Balaban J connectivity index is 1.72. The monoisotopic (exact) mass is 596 g/mol. The Hall–Kier alpha value is -3.92. The zero-order valence-electron chi connectivity index (χ0n) is 25.4. The summed E-state index contributed by atoms with van der Waals surface area (Å²) in [6, 6.07) is 15.4. The van der Waals surface area contributed by atoms with Crippen molar-refractivity contribution in [3.05, 3.63) is 88.2 Å². The van der Waals surface area contributed by atoms with Crippen molar-refractivity contribution in [2.45, 2.75) is 59.3 Å². The molecule has 1 aromatic heterocycles. The molecule has 0 saturated carbocycles. The van der Waals surface area contributed by atoms with E-state index < -0.39 is 17.8 Å². The zero-order valence-corrected chi connectivity index (χ0v) is 25.4. The molecule has 230 valence electrons. The topological polar surface area (TPSA) is 66.0 Å². The van der Waals surface area contributed by atoms with E-state index in [9.17, 15) is 22.8 Å². The van der Waals surface area contributed by atoms with Crippen LogP contribution in [0.15, 0.2) is 54.6 Å². The average molecular weight is 597 g/mol.